The number of benzene rings is 3. The van der Waals surface area contributed by atoms with Crippen molar-refractivity contribution in [1.29, 1.82) is 0 Å². The average molecular weight is 541 g/mol. The first kappa shape index (κ1) is 25.7. The summed E-state index contributed by atoms with van der Waals surface area (Å²) in [5, 5.41) is 11.4. The Bertz CT molecular complexity index is 1410. The van der Waals surface area contributed by atoms with E-state index in [2.05, 4.69) is 5.32 Å². The van der Waals surface area contributed by atoms with Gasteiger partial charge in [-0.3, -0.25) is 14.9 Å². The summed E-state index contributed by atoms with van der Waals surface area (Å²) < 4.78 is 10.8. The minimum atomic E-state index is -1.04. The summed E-state index contributed by atoms with van der Waals surface area (Å²) in [4.78, 5) is 49.8. The number of nitrogens with one attached hydrogen (secondary N) is 1. The van der Waals surface area contributed by atoms with Crippen LogP contribution in [-0.2, 0) is 16.2 Å². The van der Waals surface area contributed by atoms with E-state index < -0.39 is 23.8 Å². The van der Waals surface area contributed by atoms with E-state index >= 15 is 0 Å². The van der Waals surface area contributed by atoms with Gasteiger partial charge in [-0.1, -0.05) is 35.3 Å². The molecule has 1 aliphatic heterocycles. The summed E-state index contributed by atoms with van der Waals surface area (Å²) in [5.74, 6) is -2.02. The number of aromatic carboxylic acids is 1. The van der Waals surface area contributed by atoms with Gasteiger partial charge in [0.2, 0.25) is 0 Å². The van der Waals surface area contributed by atoms with E-state index in [9.17, 15) is 19.2 Å². The Kier molecular flexibility index (Phi) is 7.47. The molecule has 4 amide bonds. The molecule has 0 aromatic heterocycles. The molecule has 2 N–H and O–H groups in total. The second kappa shape index (κ2) is 10.7. The highest BCUT2D eigenvalue weighted by Crippen LogP contribution is 2.36. The first-order valence-corrected chi connectivity index (χ1v) is 11.4. The molecule has 3 aromatic carbocycles. The monoisotopic (exact) mass is 540 g/mol. The summed E-state index contributed by atoms with van der Waals surface area (Å²) in [7, 11) is 1.48. The van der Waals surface area contributed by atoms with Gasteiger partial charge in [0.15, 0.2) is 5.75 Å². The van der Waals surface area contributed by atoms with Gasteiger partial charge in [-0.25, -0.2) is 14.5 Å². The van der Waals surface area contributed by atoms with E-state index in [1.165, 1.54) is 49.6 Å². The summed E-state index contributed by atoms with van der Waals surface area (Å²) >= 11 is 12.7. The number of hydrogen-bond donors (Lipinski definition) is 2. The first-order valence-electron chi connectivity index (χ1n) is 10.7. The Morgan fingerprint density at radius 3 is 2.19 bits per heavy atom. The van der Waals surface area contributed by atoms with Crippen LogP contribution in [0.5, 0.6) is 11.5 Å². The van der Waals surface area contributed by atoms with Crippen LogP contribution in [-0.4, -0.2) is 36.0 Å². The van der Waals surface area contributed by atoms with E-state index in [4.69, 9.17) is 37.8 Å². The number of urea groups is 1. The van der Waals surface area contributed by atoms with Crippen LogP contribution in [0.25, 0.3) is 6.08 Å². The second-order valence-corrected chi connectivity index (χ2v) is 8.57. The normalized spacial score (nSPS) is 14.5. The van der Waals surface area contributed by atoms with Crippen molar-refractivity contribution in [3.8, 4) is 11.5 Å². The Morgan fingerprint density at radius 1 is 1.00 bits per heavy atom. The number of carboxylic acid groups (broad SMARTS) is 1. The molecule has 1 fully saturated rings. The molecule has 4 rings (SSSR count). The maximum absolute atomic E-state index is 13.1. The first-order chi connectivity index (χ1) is 17.7. The van der Waals surface area contributed by atoms with Gasteiger partial charge in [-0.05, 0) is 65.7 Å². The zero-order chi connectivity index (χ0) is 26.7. The number of hydrogen-bond acceptors (Lipinski definition) is 6. The summed E-state index contributed by atoms with van der Waals surface area (Å²) in [5.41, 5.74) is 1.12. The highest BCUT2D eigenvalue weighted by Gasteiger charge is 2.36. The molecular weight excluding hydrogens is 523 g/mol. The van der Waals surface area contributed by atoms with Gasteiger partial charge in [-0.2, -0.15) is 0 Å². The number of ether oxygens (including phenoxy) is 2. The lowest BCUT2D eigenvalue weighted by Crippen LogP contribution is -2.54. The number of carbonyl (C=O) groups excluding carboxylic acids is 3. The van der Waals surface area contributed by atoms with Crippen LogP contribution >= 0.6 is 23.2 Å². The average Bonchev–Trinajstić information content (AvgIpc) is 2.86. The Morgan fingerprint density at radius 2 is 1.62 bits per heavy atom. The Balaban J connectivity index is 1.56. The molecule has 0 bridgehead atoms. The zero-order valence-corrected chi connectivity index (χ0v) is 20.7. The van der Waals surface area contributed by atoms with Gasteiger partial charge in [0, 0.05) is 0 Å². The maximum Gasteiger partial charge on any atom is 0.335 e. The predicted octanol–water partition coefficient (Wildman–Crippen LogP) is 4.95. The Labute approximate surface area is 220 Å². The third kappa shape index (κ3) is 5.58. The van der Waals surface area contributed by atoms with Crippen LogP contribution in [0.2, 0.25) is 10.0 Å². The van der Waals surface area contributed by atoms with E-state index in [1.54, 1.807) is 24.3 Å². The topological polar surface area (TPSA) is 122 Å². The molecule has 0 unspecified atom stereocenters. The van der Waals surface area contributed by atoms with Crippen molar-refractivity contribution in [3.05, 3.63) is 93.0 Å². The molecule has 3 aromatic rings. The van der Waals surface area contributed by atoms with Gasteiger partial charge >= 0.3 is 12.0 Å². The third-order valence-corrected chi connectivity index (χ3v) is 5.91. The molecule has 1 heterocycles. The van der Waals surface area contributed by atoms with Crippen LogP contribution in [0.15, 0.2) is 66.2 Å². The van der Waals surface area contributed by atoms with Crippen molar-refractivity contribution < 1.29 is 33.8 Å². The molecule has 1 saturated heterocycles. The van der Waals surface area contributed by atoms with Gasteiger partial charge in [-0.15, -0.1) is 0 Å². The minimum Gasteiger partial charge on any atom is -0.497 e. The van der Waals surface area contributed by atoms with E-state index in [-0.39, 0.29) is 39.2 Å². The molecule has 0 atom stereocenters. The molecular formula is C26H18Cl2N2O7. The summed E-state index contributed by atoms with van der Waals surface area (Å²) in [6, 6.07) is 14.3. The standard InChI is InChI=1S/C26H18Cl2N2O7/c1-36-18-8-6-17(7-9-18)30-24(32)19(23(31)29-26(30)35)10-15-11-20(27)22(21(28)12-15)37-13-14-2-4-16(5-3-14)25(33)34/h2-12H,13H2,1H3,(H,33,34)(H,29,31,35)/b19-10-. The number of carbonyl (C=O) groups is 4. The van der Waals surface area contributed by atoms with Gasteiger partial charge in [0.25, 0.3) is 11.8 Å². The number of imide groups is 2. The quantitative estimate of drug-likeness (QED) is 0.321. The molecule has 188 valence electrons. The summed E-state index contributed by atoms with van der Waals surface area (Å²) in [6.45, 7) is 0.0690. The van der Waals surface area contributed by atoms with Crippen molar-refractivity contribution in [3.63, 3.8) is 0 Å². The lowest BCUT2D eigenvalue weighted by atomic mass is 10.1. The highest BCUT2D eigenvalue weighted by atomic mass is 35.5. The van der Waals surface area contributed by atoms with Gasteiger partial charge in [0.05, 0.1) is 28.4 Å². The molecule has 1 aliphatic rings. The highest BCUT2D eigenvalue weighted by molar-refractivity contribution is 6.40. The van der Waals surface area contributed by atoms with Gasteiger partial charge < -0.3 is 14.6 Å². The SMILES string of the molecule is COc1ccc(N2C(=O)NC(=O)/C(=C/c3cc(Cl)c(OCc4ccc(C(=O)O)cc4)c(Cl)c3)C2=O)cc1. The molecule has 0 spiro atoms. The molecule has 9 nitrogen and oxygen atoms in total. The summed E-state index contributed by atoms with van der Waals surface area (Å²) in [6.07, 6.45) is 1.27. The number of barbiturate groups is 1. The van der Waals surface area contributed by atoms with Crippen LogP contribution in [0, 0.1) is 0 Å². The smallest absolute Gasteiger partial charge is 0.335 e. The van der Waals surface area contributed by atoms with E-state index in [0.29, 0.717) is 16.9 Å². The number of rotatable bonds is 7. The van der Waals surface area contributed by atoms with Crippen molar-refractivity contribution >= 4 is 58.8 Å². The van der Waals surface area contributed by atoms with Gasteiger partial charge in [0.1, 0.15) is 17.9 Å². The molecule has 37 heavy (non-hydrogen) atoms. The minimum absolute atomic E-state index is 0.0690. The number of halogens is 2. The fourth-order valence-corrected chi connectivity index (χ4v) is 4.10. The lowest BCUT2D eigenvalue weighted by Gasteiger charge is -2.26. The number of nitrogens with zero attached hydrogens (tertiary/aromatic N) is 1. The molecule has 0 aliphatic carbocycles. The number of methoxy groups -OCH3 is 1. The Hall–Kier alpha value is -4.34. The third-order valence-electron chi connectivity index (χ3n) is 5.35. The van der Waals surface area contributed by atoms with E-state index in [1.807, 2.05) is 0 Å². The zero-order valence-electron chi connectivity index (χ0n) is 19.2. The number of amides is 4. The van der Waals surface area contributed by atoms with E-state index in [0.717, 1.165) is 4.90 Å². The van der Waals surface area contributed by atoms with Crippen LogP contribution in [0.4, 0.5) is 10.5 Å². The van der Waals surface area contributed by atoms with Crippen LogP contribution in [0.1, 0.15) is 21.5 Å². The maximum atomic E-state index is 13.1. The van der Waals surface area contributed by atoms with Crippen molar-refractivity contribution in [2.45, 2.75) is 6.61 Å². The molecule has 0 radical (unpaired) electrons. The van der Waals surface area contributed by atoms with Crippen molar-refractivity contribution in [1.82, 2.24) is 5.32 Å². The second-order valence-electron chi connectivity index (χ2n) is 7.76. The van der Waals surface area contributed by atoms with Crippen molar-refractivity contribution in [2.75, 3.05) is 12.0 Å². The van der Waals surface area contributed by atoms with Crippen LogP contribution < -0.4 is 19.7 Å². The molecule has 0 saturated carbocycles. The lowest BCUT2D eigenvalue weighted by molar-refractivity contribution is -0.122. The van der Waals surface area contributed by atoms with Crippen LogP contribution in [0.3, 0.4) is 0 Å². The number of carboxylic acids is 1. The predicted molar refractivity (Wildman–Crippen MR) is 136 cm³/mol. The molecule has 11 heteroatoms. The largest absolute Gasteiger partial charge is 0.497 e. The fraction of sp³-hybridized carbons (Fsp3) is 0.0769. The number of anilines is 1. The fourth-order valence-electron chi connectivity index (χ4n) is 3.49. The van der Waals surface area contributed by atoms with Crippen molar-refractivity contribution in [2.24, 2.45) is 0 Å².